The third-order valence-electron chi connectivity index (χ3n) is 2.40. The molecule has 0 aliphatic rings. The monoisotopic (exact) mass is 281 g/mol. The maximum atomic E-state index is 11.4. The van der Waals surface area contributed by atoms with E-state index in [0.29, 0.717) is 5.69 Å². The lowest BCUT2D eigenvalue weighted by atomic mass is 10.2. The Hall–Kier alpha value is -2.04. The number of benzene rings is 1. The molecular formula is C15H23NO4. The van der Waals surface area contributed by atoms with Gasteiger partial charge in [-0.05, 0) is 31.5 Å². The number of amides is 1. The molecule has 0 bridgehead atoms. The number of carbonyl (C=O) groups excluding carboxylic acids is 2. The summed E-state index contributed by atoms with van der Waals surface area (Å²) < 4.78 is 10.1. The second-order valence-corrected chi connectivity index (χ2v) is 5.04. The Morgan fingerprint density at radius 1 is 1.15 bits per heavy atom. The minimum Gasteiger partial charge on any atom is -0.461 e. The Balaban J connectivity index is 0.00000400. The van der Waals surface area contributed by atoms with E-state index >= 15 is 0 Å². The van der Waals surface area contributed by atoms with Gasteiger partial charge in [-0.2, -0.15) is 0 Å². The van der Waals surface area contributed by atoms with E-state index in [2.05, 4.69) is 5.32 Å². The van der Waals surface area contributed by atoms with Gasteiger partial charge in [0.15, 0.2) is 0 Å². The highest BCUT2D eigenvalue weighted by molar-refractivity contribution is 5.84. The number of hydrogen-bond acceptors (Lipinski definition) is 4. The van der Waals surface area contributed by atoms with E-state index in [1.165, 1.54) is 0 Å². The summed E-state index contributed by atoms with van der Waals surface area (Å²) in [6.45, 7) is 7.37. The van der Waals surface area contributed by atoms with Crippen molar-refractivity contribution in [2.24, 2.45) is 5.92 Å². The zero-order chi connectivity index (χ0) is 15.1. The van der Waals surface area contributed by atoms with Gasteiger partial charge in [0.1, 0.15) is 6.61 Å². The lowest BCUT2D eigenvalue weighted by Crippen LogP contribution is -2.17. The average Bonchev–Trinajstić information content (AvgIpc) is 2.36. The van der Waals surface area contributed by atoms with Gasteiger partial charge < -0.3 is 9.47 Å². The Morgan fingerprint density at radius 2 is 1.75 bits per heavy atom. The van der Waals surface area contributed by atoms with Crippen LogP contribution in [-0.2, 0) is 20.9 Å². The summed E-state index contributed by atoms with van der Waals surface area (Å²) >= 11 is 0. The molecule has 0 fully saturated rings. The standard InChI is InChI=1S/C15H21NO4.H2/c1-10(2)14(17)19-9-12-5-7-13(8-6-12)16-15(18)20-11(3)4;/h5-8,10-11H,9H2,1-4H3,(H,16,18);1H. The summed E-state index contributed by atoms with van der Waals surface area (Å²) in [5, 5.41) is 2.61. The fourth-order valence-corrected chi connectivity index (χ4v) is 1.37. The molecule has 5 heteroatoms. The van der Waals surface area contributed by atoms with Gasteiger partial charge in [-0.15, -0.1) is 0 Å². The van der Waals surface area contributed by atoms with Crippen LogP contribution in [0.3, 0.4) is 0 Å². The topological polar surface area (TPSA) is 64.6 Å². The second kappa shape index (κ2) is 7.53. The van der Waals surface area contributed by atoms with Crippen molar-refractivity contribution < 1.29 is 20.5 Å². The third-order valence-corrected chi connectivity index (χ3v) is 2.40. The molecule has 0 radical (unpaired) electrons. The van der Waals surface area contributed by atoms with Crippen molar-refractivity contribution in [3.63, 3.8) is 0 Å². The lowest BCUT2D eigenvalue weighted by Gasteiger charge is -2.10. The molecule has 0 saturated heterocycles. The number of carbonyl (C=O) groups is 2. The van der Waals surface area contributed by atoms with Crippen LogP contribution in [0.25, 0.3) is 0 Å². The summed E-state index contributed by atoms with van der Waals surface area (Å²) in [6, 6.07) is 7.05. The molecule has 0 atom stereocenters. The number of anilines is 1. The first-order valence-electron chi connectivity index (χ1n) is 6.61. The maximum absolute atomic E-state index is 11.4. The summed E-state index contributed by atoms with van der Waals surface area (Å²) in [4.78, 5) is 22.7. The molecule has 5 nitrogen and oxygen atoms in total. The van der Waals surface area contributed by atoms with Crippen LogP contribution in [0, 0.1) is 5.92 Å². The summed E-state index contributed by atoms with van der Waals surface area (Å²) in [6.07, 6.45) is -0.649. The molecule has 0 unspecified atom stereocenters. The summed E-state index contributed by atoms with van der Waals surface area (Å²) in [5.41, 5.74) is 1.50. The molecule has 1 rings (SSSR count). The molecule has 0 saturated carbocycles. The van der Waals surface area contributed by atoms with Gasteiger partial charge in [0.25, 0.3) is 0 Å². The largest absolute Gasteiger partial charge is 0.461 e. The molecule has 0 aromatic heterocycles. The fourth-order valence-electron chi connectivity index (χ4n) is 1.37. The van der Waals surface area contributed by atoms with Crippen molar-refractivity contribution in [3.05, 3.63) is 29.8 Å². The first-order chi connectivity index (χ1) is 9.38. The summed E-state index contributed by atoms with van der Waals surface area (Å²) in [7, 11) is 0. The van der Waals surface area contributed by atoms with E-state index in [9.17, 15) is 9.59 Å². The third kappa shape index (κ3) is 5.73. The van der Waals surface area contributed by atoms with Crippen LogP contribution in [0.15, 0.2) is 24.3 Å². The van der Waals surface area contributed by atoms with Gasteiger partial charge in [0.05, 0.1) is 12.0 Å². The van der Waals surface area contributed by atoms with Crippen LogP contribution < -0.4 is 5.32 Å². The summed E-state index contributed by atoms with van der Waals surface area (Å²) in [5.74, 6) is -0.366. The SMILES string of the molecule is CC(C)OC(=O)Nc1ccc(COC(=O)C(C)C)cc1.[HH]. The molecule has 1 aromatic rings. The highest BCUT2D eigenvalue weighted by atomic mass is 16.6. The number of nitrogens with one attached hydrogen (secondary N) is 1. The van der Waals surface area contributed by atoms with Gasteiger partial charge >= 0.3 is 12.1 Å². The average molecular weight is 281 g/mol. The van der Waals surface area contributed by atoms with Crippen LogP contribution in [0.5, 0.6) is 0 Å². The molecule has 1 N–H and O–H groups in total. The lowest BCUT2D eigenvalue weighted by molar-refractivity contribution is -0.148. The first kappa shape index (κ1) is 16.0. The van der Waals surface area contributed by atoms with Gasteiger partial charge in [-0.3, -0.25) is 10.1 Å². The van der Waals surface area contributed by atoms with Crippen LogP contribution in [0.1, 0.15) is 34.7 Å². The molecule has 112 valence electrons. The van der Waals surface area contributed by atoms with Gasteiger partial charge in [-0.25, -0.2) is 4.79 Å². The Morgan fingerprint density at radius 3 is 2.25 bits per heavy atom. The fraction of sp³-hybridized carbons (Fsp3) is 0.467. The smallest absolute Gasteiger partial charge is 0.411 e. The van der Waals surface area contributed by atoms with Crippen molar-refractivity contribution in [2.45, 2.75) is 40.4 Å². The Bertz CT molecular complexity index is 457. The van der Waals surface area contributed by atoms with E-state index in [0.717, 1.165) is 5.56 Å². The van der Waals surface area contributed by atoms with Crippen molar-refractivity contribution in [1.29, 1.82) is 0 Å². The molecular weight excluding hydrogens is 258 g/mol. The minimum absolute atomic E-state index is 0. The van der Waals surface area contributed by atoms with Crippen LogP contribution >= 0.6 is 0 Å². The van der Waals surface area contributed by atoms with Crippen LogP contribution in [0.2, 0.25) is 0 Å². The number of rotatable bonds is 5. The van der Waals surface area contributed by atoms with E-state index < -0.39 is 6.09 Å². The van der Waals surface area contributed by atoms with Gasteiger partial charge in [-0.1, -0.05) is 26.0 Å². The van der Waals surface area contributed by atoms with E-state index in [1.807, 2.05) is 0 Å². The van der Waals surface area contributed by atoms with Gasteiger partial charge in [0, 0.05) is 7.11 Å². The predicted molar refractivity (Wildman–Crippen MR) is 78.4 cm³/mol. The maximum Gasteiger partial charge on any atom is 0.411 e. The quantitative estimate of drug-likeness (QED) is 0.838. The van der Waals surface area contributed by atoms with E-state index in [-0.39, 0.29) is 26.0 Å². The highest BCUT2D eigenvalue weighted by Crippen LogP contribution is 2.12. The molecule has 1 aromatic carbocycles. The predicted octanol–water partition coefficient (Wildman–Crippen LogP) is 3.59. The number of hydrogen-bond donors (Lipinski definition) is 1. The zero-order valence-corrected chi connectivity index (χ0v) is 12.3. The highest BCUT2D eigenvalue weighted by Gasteiger charge is 2.09. The first-order valence-corrected chi connectivity index (χ1v) is 6.61. The Kier molecular flexibility index (Phi) is 6.03. The van der Waals surface area contributed by atoms with Crippen molar-refractivity contribution >= 4 is 17.7 Å². The van der Waals surface area contributed by atoms with Crippen LogP contribution in [0.4, 0.5) is 10.5 Å². The number of esters is 1. The van der Waals surface area contributed by atoms with Crippen molar-refractivity contribution in [2.75, 3.05) is 5.32 Å². The van der Waals surface area contributed by atoms with Crippen molar-refractivity contribution in [1.82, 2.24) is 0 Å². The van der Waals surface area contributed by atoms with Crippen LogP contribution in [-0.4, -0.2) is 18.2 Å². The zero-order valence-electron chi connectivity index (χ0n) is 12.3. The molecule has 0 aliphatic carbocycles. The number of ether oxygens (including phenoxy) is 2. The molecule has 0 spiro atoms. The molecule has 0 heterocycles. The molecule has 20 heavy (non-hydrogen) atoms. The van der Waals surface area contributed by atoms with E-state index in [1.54, 1.807) is 52.0 Å². The second-order valence-electron chi connectivity index (χ2n) is 5.04. The normalized spacial score (nSPS) is 10.5. The molecule has 1 amide bonds. The van der Waals surface area contributed by atoms with E-state index in [4.69, 9.17) is 9.47 Å². The Labute approximate surface area is 120 Å². The molecule has 0 aliphatic heterocycles. The van der Waals surface area contributed by atoms with Gasteiger partial charge in [0.2, 0.25) is 0 Å². The minimum atomic E-state index is -0.487. The van der Waals surface area contributed by atoms with Crippen molar-refractivity contribution in [3.8, 4) is 0 Å².